The van der Waals surface area contributed by atoms with Gasteiger partial charge in [-0.25, -0.2) is 0 Å². The third kappa shape index (κ3) is 3.08. The standard InChI is InChI=1S/C31H50O4/c1-26(2)17-20-19-9-10-21-28(4)13-12-23(32)31(7,25(34)35-8)22(28)11-14-30(21,6)29(19,5)16-15-27(20,3)24(33)18-26/h9,20-24,32-33H,10-18H2,1-8H3/t20-,21-,22?,23+,24-,27-,28-,29-,30-,31-/m1/s1. The van der Waals surface area contributed by atoms with Crippen molar-refractivity contribution in [1.29, 1.82) is 0 Å². The Hall–Kier alpha value is -0.870. The fourth-order valence-corrected chi connectivity index (χ4v) is 10.9. The first-order chi connectivity index (χ1) is 16.1. The maximum atomic E-state index is 13.1. The average molecular weight is 487 g/mol. The third-order valence-electron chi connectivity index (χ3n) is 13.4. The Bertz CT molecular complexity index is 938. The molecule has 0 spiro atoms. The highest BCUT2D eigenvalue weighted by atomic mass is 16.5. The molecule has 4 saturated carbocycles. The Balaban J connectivity index is 1.58. The summed E-state index contributed by atoms with van der Waals surface area (Å²) in [7, 11) is 1.47. The van der Waals surface area contributed by atoms with Crippen LogP contribution in [0.5, 0.6) is 0 Å². The van der Waals surface area contributed by atoms with Crippen LogP contribution in [-0.2, 0) is 9.53 Å². The minimum Gasteiger partial charge on any atom is -0.469 e. The Morgan fingerprint density at radius 1 is 0.857 bits per heavy atom. The maximum absolute atomic E-state index is 13.1. The van der Waals surface area contributed by atoms with E-state index in [0.717, 1.165) is 51.4 Å². The van der Waals surface area contributed by atoms with E-state index in [2.05, 4.69) is 47.6 Å². The maximum Gasteiger partial charge on any atom is 0.314 e. The van der Waals surface area contributed by atoms with E-state index in [4.69, 9.17) is 4.74 Å². The predicted octanol–water partition coefficient (Wildman–Crippen LogP) is 6.29. The van der Waals surface area contributed by atoms with Crippen LogP contribution in [0.4, 0.5) is 0 Å². The second kappa shape index (κ2) is 7.59. The summed E-state index contributed by atoms with van der Waals surface area (Å²) in [6.45, 7) is 16.5. The van der Waals surface area contributed by atoms with Gasteiger partial charge in [-0.1, -0.05) is 53.2 Å². The van der Waals surface area contributed by atoms with Crippen molar-refractivity contribution in [2.24, 2.45) is 50.2 Å². The predicted molar refractivity (Wildman–Crippen MR) is 138 cm³/mol. The molecule has 0 aromatic rings. The van der Waals surface area contributed by atoms with Crippen LogP contribution < -0.4 is 0 Å². The molecule has 0 aliphatic heterocycles. The number of hydrogen-bond donors (Lipinski definition) is 2. The van der Waals surface area contributed by atoms with Crippen LogP contribution >= 0.6 is 0 Å². The number of aliphatic hydroxyl groups excluding tert-OH is 2. The van der Waals surface area contributed by atoms with Crippen LogP contribution in [0.15, 0.2) is 11.6 Å². The van der Waals surface area contributed by atoms with Crippen LogP contribution in [0.1, 0.15) is 106 Å². The second-order valence-electron chi connectivity index (χ2n) is 15.3. The highest BCUT2D eigenvalue weighted by molar-refractivity contribution is 5.78. The molecule has 0 amide bonds. The third-order valence-corrected chi connectivity index (χ3v) is 13.4. The zero-order valence-corrected chi connectivity index (χ0v) is 23.5. The van der Waals surface area contributed by atoms with Gasteiger partial charge in [0.1, 0.15) is 0 Å². The van der Waals surface area contributed by atoms with Crippen LogP contribution in [0.25, 0.3) is 0 Å². The van der Waals surface area contributed by atoms with E-state index in [1.54, 1.807) is 5.57 Å². The molecule has 198 valence electrons. The van der Waals surface area contributed by atoms with E-state index in [1.807, 2.05) is 6.92 Å². The fourth-order valence-electron chi connectivity index (χ4n) is 10.9. The number of methoxy groups -OCH3 is 1. The summed E-state index contributed by atoms with van der Waals surface area (Å²) in [5.41, 5.74) is 1.18. The van der Waals surface area contributed by atoms with Gasteiger partial charge in [-0.2, -0.15) is 0 Å². The van der Waals surface area contributed by atoms with Gasteiger partial charge in [-0.3, -0.25) is 4.79 Å². The number of carbonyl (C=O) groups excluding carboxylic acids is 1. The van der Waals surface area contributed by atoms with Crippen LogP contribution in [0, 0.1) is 50.2 Å². The zero-order chi connectivity index (χ0) is 25.8. The van der Waals surface area contributed by atoms with Gasteiger partial charge in [0.15, 0.2) is 0 Å². The SMILES string of the molecule is COC(=O)[C@]1(C)C2CC[C@]3(C)[C@H](CC=C4[C@H]5CC(C)(C)C[C@@H](O)[C@]5(C)CC[C@]43C)[C@@]2(C)CC[C@@H]1O. The van der Waals surface area contributed by atoms with Gasteiger partial charge in [-0.15, -0.1) is 0 Å². The Morgan fingerprint density at radius 2 is 1.54 bits per heavy atom. The molecule has 4 fully saturated rings. The Kier molecular flexibility index (Phi) is 5.59. The number of ether oxygens (including phenoxy) is 1. The minimum absolute atomic E-state index is 0.00763. The zero-order valence-electron chi connectivity index (χ0n) is 23.5. The molecule has 5 aliphatic carbocycles. The number of carbonyl (C=O) groups is 1. The number of allylic oxidation sites excluding steroid dienone is 2. The molecular weight excluding hydrogens is 436 g/mol. The van der Waals surface area contributed by atoms with E-state index < -0.39 is 11.5 Å². The topological polar surface area (TPSA) is 66.8 Å². The van der Waals surface area contributed by atoms with Gasteiger partial charge in [0.25, 0.3) is 0 Å². The summed E-state index contributed by atoms with van der Waals surface area (Å²) in [5, 5.41) is 22.4. The van der Waals surface area contributed by atoms with Gasteiger partial charge in [0.2, 0.25) is 0 Å². The van der Waals surface area contributed by atoms with Gasteiger partial charge in [0.05, 0.1) is 24.7 Å². The van der Waals surface area contributed by atoms with Gasteiger partial charge >= 0.3 is 5.97 Å². The number of fused-ring (bicyclic) bond motifs is 7. The van der Waals surface area contributed by atoms with Crippen molar-refractivity contribution < 1.29 is 19.7 Å². The first kappa shape index (κ1) is 25.8. The van der Waals surface area contributed by atoms with E-state index in [9.17, 15) is 15.0 Å². The first-order valence-electron chi connectivity index (χ1n) is 14.3. The number of esters is 1. The van der Waals surface area contributed by atoms with Crippen molar-refractivity contribution in [2.45, 2.75) is 118 Å². The average Bonchev–Trinajstić information content (AvgIpc) is 2.78. The van der Waals surface area contributed by atoms with Crippen LogP contribution in [-0.4, -0.2) is 35.5 Å². The van der Waals surface area contributed by atoms with Crippen molar-refractivity contribution in [1.82, 2.24) is 0 Å². The van der Waals surface area contributed by atoms with E-state index in [0.29, 0.717) is 18.3 Å². The van der Waals surface area contributed by atoms with Crippen molar-refractivity contribution in [3.05, 3.63) is 11.6 Å². The summed E-state index contributed by atoms with van der Waals surface area (Å²) < 4.78 is 5.29. The molecule has 0 aromatic heterocycles. The van der Waals surface area contributed by atoms with Gasteiger partial charge in [-0.05, 0) is 104 Å². The summed E-state index contributed by atoms with van der Waals surface area (Å²) in [6, 6.07) is 0. The van der Waals surface area contributed by atoms with E-state index in [1.165, 1.54) is 7.11 Å². The molecule has 0 radical (unpaired) electrons. The Labute approximate surface area is 213 Å². The Morgan fingerprint density at radius 3 is 2.20 bits per heavy atom. The minimum atomic E-state index is -0.837. The van der Waals surface area contributed by atoms with E-state index in [-0.39, 0.29) is 45.1 Å². The molecule has 0 saturated heterocycles. The lowest BCUT2D eigenvalue weighted by molar-refractivity contribution is -0.220. The highest BCUT2D eigenvalue weighted by Crippen LogP contribution is 2.75. The molecule has 35 heavy (non-hydrogen) atoms. The molecule has 1 unspecified atom stereocenters. The summed E-state index contributed by atoms with van der Waals surface area (Å²) in [5.74, 6) is 0.809. The van der Waals surface area contributed by atoms with Gasteiger partial charge < -0.3 is 14.9 Å². The number of hydrogen-bond acceptors (Lipinski definition) is 4. The normalized spacial score (nSPS) is 54.9. The summed E-state index contributed by atoms with van der Waals surface area (Å²) >= 11 is 0. The molecule has 0 aromatic carbocycles. The quantitative estimate of drug-likeness (QED) is 0.337. The van der Waals surface area contributed by atoms with Crippen molar-refractivity contribution in [3.63, 3.8) is 0 Å². The second-order valence-corrected chi connectivity index (χ2v) is 15.3. The lowest BCUT2D eigenvalue weighted by Crippen LogP contribution is -2.66. The first-order valence-corrected chi connectivity index (χ1v) is 14.3. The summed E-state index contributed by atoms with van der Waals surface area (Å²) in [6.07, 6.45) is 10.7. The molecule has 2 N–H and O–H groups in total. The molecule has 10 atom stereocenters. The summed E-state index contributed by atoms with van der Waals surface area (Å²) in [4.78, 5) is 13.1. The lowest BCUT2D eigenvalue weighted by atomic mass is 9.33. The number of rotatable bonds is 1. The van der Waals surface area contributed by atoms with Crippen molar-refractivity contribution in [3.8, 4) is 0 Å². The lowest BCUT2D eigenvalue weighted by Gasteiger charge is -2.71. The van der Waals surface area contributed by atoms with Crippen LogP contribution in [0.3, 0.4) is 0 Å². The van der Waals surface area contributed by atoms with Crippen molar-refractivity contribution in [2.75, 3.05) is 7.11 Å². The smallest absolute Gasteiger partial charge is 0.314 e. The van der Waals surface area contributed by atoms with Gasteiger partial charge in [0, 0.05) is 5.41 Å². The molecule has 5 rings (SSSR count). The molecule has 4 nitrogen and oxygen atoms in total. The highest BCUT2D eigenvalue weighted by Gasteiger charge is 2.70. The molecule has 0 bridgehead atoms. The molecule has 5 aliphatic rings. The van der Waals surface area contributed by atoms with E-state index >= 15 is 0 Å². The largest absolute Gasteiger partial charge is 0.469 e. The molecule has 0 heterocycles. The monoisotopic (exact) mass is 486 g/mol. The number of aliphatic hydroxyl groups is 2. The molecular formula is C31H50O4. The van der Waals surface area contributed by atoms with Crippen LogP contribution in [0.2, 0.25) is 0 Å². The fraction of sp³-hybridized carbons (Fsp3) is 0.903. The van der Waals surface area contributed by atoms with Crippen molar-refractivity contribution >= 4 is 5.97 Å². The molecule has 4 heteroatoms.